The summed E-state index contributed by atoms with van der Waals surface area (Å²) in [6.07, 6.45) is -0.000403. The Morgan fingerprint density at radius 3 is 2.42 bits per heavy atom. The zero-order valence-corrected chi connectivity index (χ0v) is 14.9. The molecule has 6 heteroatoms. The number of benzene rings is 1. The van der Waals surface area contributed by atoms with E-state index in [4.69, 9.17) is 9.73 Å². The summed E-state index contributed by atoms with van der Waals surface area (Å²) in [6.45, 7) is 10.2. The molecule has 1 amide bonds. The third-order valence-electron chi connectivity index (χ3n) is 3.94. The Bertz CT molecular complexity index is 539. The van der Waals surface area contributed by atoms with Crippen LogP contribution in [0.25, 0.3) is 0 Å². The van der Waals surface area contributed by atoms with Gasteiger partial charge in [-0.15, -0.1) is 0 Å². The molecule has 1 atom stereocenters. The van der Waals surface area contributed by atoms with E-state index in [1.807, 2.05) is 42.2 Å². The summed E-state index contributed by atoms with van der Waals surface area (Å²) >= 11 is 0. The molecule has 6 nitrogen and oxygen atoms in total. The van der Waals surface area contributed by atoms with Crippen LogP contribution in [0.2, 0.25) is 0 Å². The van der Waals surface area contributed by atoms with Crippen LogP contribution in [0.4, 0.5) is 0 Å². The monoisotopic (exact) mass is 332 g/mol. The molecule has 1 aliphatic rings. The zero-order chi connectivity index (χ0) is 17.4. The van der Waals surface area contributed by atoms with Crippen molar-refractivity contribution in [3.63, 3.8) is 0 Å². The van der Waals surface area contributed by atoms with Crippen molar-refractivity contribution in [3.05, 3.63) is 30.3 Å². The lowest BCUT2D eigenvalue weighted by molar-refractivity contribution is -0.130. The van der Waals surface area contributed by atoms with Crippen molar-refractivity contribution in [2.75, 3.05) is 39.3 Å². The fourth-order valence-corrected chi connectivity index (χ4v) is 2.64. The maximum atomic E-state index is 11.4. The number of rotatable bonds is 5. The molecule has 1 aromatic rings. The predicted molar refractivity (Wildman–Crippen MR) is 96.3 cm³/mol. The Morgan fingerprint density at radius 2 is 1.83 bits per heavy atom. The molecule has 0 aliphatic carbocycles. The first-order chi connectivity index (χ1) is 11.6. The van der Waals surface area contributed by atoms with Gasteiger partial charge in [-0.05, 0) is 26.0 Å². The second-order valence-electron chi connectivity index (χ2n) is 5.93. The average molecular weight is 332 g/mol. The number of amides is 1. The minimum Gasteiger partial charge on any atom is -0.489 e. The predicted octanol–water partition coefficient (Wildman–Crippen LogP) is 1.58. The van der Waals surface area contributed by atoms with E-state index in [0.29, 0.717) is 6.54 Å². The maximum absolute atomic E-state index is 11.4. The third kappa shape index (κ3) is 5.44. The largest absolute Gasteiger partial charge is 0.489 e. The highest BCUT2D eigenvalue weighted by atomic mass is 16.5. The summed E-state index contributed by atoms with van der Waals surface area (Å²) in [7, 11) is 0. The summed E-state index contributed by atoms with van der Waals surface area (Å²) in [5.41, 5.74) is 0. The molecule has 1 N–H and O–H groups in total. The van der Waals surface area contributed by atoms with E-state index in [1.165, 1.54) is 0 Å². The van der Waals surface area contributed by atoms with Crippen molar-refractivity contribution >= 4 is 11.9 Å². The van der Waals surface area contributed by atoms with Gasteiger partial charge in [0.15, 0.2) is 5.96 Å². The van der Waals surface area contributed by atoms with E-state index in [9.17, 15) is 4.79 Å². The molecule has 1 fully saturated rings. The van der Waals surface area contributed by atoms with E-state index in [-0.39, 0.29) is 12.0 Å². The van der Waals surface area contributed by atoms with Crippen molar-refractivity contribution in [2.45, 2.75) is 26.9 Å². The Morgan fingerprint density at radius 1 is 1.21 bits per heavy atom. The fraction of sp³-hybridized carbons (Fsp3) is 0.556. The molecular formula is C18H28N4O2. The standard InChI is InChI=1S/C18H28N4O2/c1-4-19-18(22-12-10-21(11-13-22)16(3)23)20-14-15(2)24-17-8-6-5-7-9-17/h5-9,15H,4,10-14H2,1-3H3,(H,19,20). The zero-order valence-electron chi connectivity index (χ0n) is 14.9. The third-order valence-corrected chi connectivity index (χ3v) is 3.94. The Balaban J connectivity index is 1.89. The van der Waals surface area contributed by atoms with E-state index in [0.717, 1.165) is 44.4 Å². The van der Waals surface area contributed by atoms with Gasteiger partial charge in [0.1, 0.15) is 11.9 Å². The summed E-state index contributed by atoms with van der Waals surface area (Å²) < 4.78 is 5.87. The van der Waals surface area contributed by atoms with Gasteiger partial charge in [-0.3, -0.25) is 4.79 Å². The van der Waals surface area contributed by atoms with Crippen molar-refractivity contribution < 1.29 is 9.53 Å². The summed E-state index contributed by atoms with van der Waals surface area (Å²) in [6, 6.07) is 9.80. The van der Waals surface area contributed by atoms with Crippen LogP contribution in [0.5, 0.6) is 5.75 Å². The van der Waals surface area contributed by atoms with E-state index in [1.54, 1.807) is 6.92 Å². The second kappa shape index (κ2) is 9.15. The summed E-state index contributed by atoms with van der Waals surface area (Å²) in [4.78, 5) is 20.2. The highest BCUT2D eigenvalue weighted by molar-refractivity contribution is 5.80. The van der Waals surface area contributed by atoms with Gasteiger partial charge in [-0.25, -0.2) is 4.99 Å². The smallest absolute Gasteiger partial charge is 0.219 e. The van der Waals surface area contributed by atoms with Crippen LogP contribution in [0.1, 0.15) is 20.8 Å². The Kier molecular flexibility index (Phi) is 6.90. The van der Waals surface area contributed by atoms with Crippen LogP contribution in [0.3, 0.4) is 0 Å². The lowest BCUT2D eigenvalue weighted by Crippen LogP contribution is -2.53. The van der Waals surface area contributed by atoms with Gasteiger partial charge in [-0.1, -0.05) is 18.2 Å². The van der Waals surface area contributed by atoms with Gasteiger partial charge >= 0.3 is 0 Å². The van der Waals surface area contributed by atoms with E-state index < -0.39 is 0 Å². The number of ether oxygens (including phenoxy) is 1. The van der Waals surface area contributed by atoms with E-state index >= 15 is 0 Å². The van der Waals surface area contributed by atoms with Gasteiger partial charge in [0, 0.05) is 39.6 Å². The van der Waals surface area contributed by atoms with Crippen LogP contribution in [0.15, 0.2) is 35.3 Å². The van der Waals surface area contributed by atoms with Crippen LogP contribution in [-0.4, -0.2) is 67.0 Å². The molecule has 0 bridgehead atoms. The molecule has 132 valence electrons. The molecule has 24 heavy (non-hydrogen) atoms. The molecule has 1 heterocycles. The van der Waals surface area contributed by atoms with Gasteiger partial charge in [0.05, 0.1) is 6.54 Å². The first-order valence-electron chi connectivity index (χ1n) is 8.60. The molecule has 2 rings (SSSR count). The fourth-order valence-electron chi connectivity index (χ4n) is 2.64. The van der Waals surface area contributed by atoms with Crippen molar-refractivity contribution in [3.8, 4) is 5.75 Å². The van der Waals surface area contributed by atoms with Gasteiger partial charge in [-0.2, -0.15) is 0 Å². The average Bonchev–Trinajstić information content (AvgIpc) is 2.59. The van der Waals surface area contributed by atoms with Gasteiger partial charge in [0.25, 0.3) is 0 Å². The second-order valence-corrected chi connectivity index (χ2v) is 5.93. The number of nitrogens with one attached hydrogen (secondary N) is 1. The molecule has 1 unspecified atom stereocenters. The number of aliphatic imine (C=N–C) groups is 1. The SMILES string of the molecule is CCNC(=NCC(C)Oc1ccccc1)N1CCN(C(C)=O)CC1. The number of piperazine rings is 1. The normalized spacial score (nSPS) is 16.7. The lowest BCUT2D eigenvalue weighted by Gasteiger charge is -2.36. The topological polar surface area (TPSA) is 57.2 Å². The first-order valence-corrected chi connectivity index (χ1v) is 8.60. The van der Waals surface area contributed by atoms with Crippen LogP contribution in [0, 0.1) is 0 Å². The van der Waals surface area contributed by atoms with Crippen LogP contribution >= 0.6 is 0 Å². The quantitative estimate of drug-likeness (QED) is 0.657. The number of carbonyl (C=O) groups excluding carboxylic acids is 1. The first kappa shape index (κ1) is 18.1. The van der Waals surface area contributed by atoms with Gasteiger partial charge < -0.3 is 19.9 Å². The molecule has 1 saturated heterocycles. The maximum Gasteiger partial charge on any atom is 0.219 e. The summed E-state index contributed by atoms with van der Waals surface area (Å²) in [5.74, 6) is 1.89. The van der Waals surface area contributed by atoms with Crippen LogP contribution in [-0.2, 0) is 4.79 Å². The van der Waals surface area contributed by atoms with Crippen molar-refractivity contribution in [1.29, 1.82) is 0 Å². The Labute approximate surface area is 144 Å². The van der Waals surface area contributed by atoms with Crippen molar-refractivity contribution in [1.82, 2.24) is 15.1 Å². The van der Waals surface area contributed by atoms with E-state index in [2.05, 4.69) is 17.1 Å². The molecule has 1 aromatic carbocycles. The minimum absolute atomic E-state index is 0.000403. The lowest BCUT2D eigenvalue weighted by atomic mass is 10.3. The number of guanidine groups is 1. The Hall–Kier alpha value is -2.24. The number of hydrogen-bond acceptors (Lipinski definition) is 3. The molecule has 1 aliphatic heterocycles. The summed E-state index contributed by atoms with van der Waals surface area (Å²) in [5, 5.41) is 3.33. The highest BCUT2D eigenvalue weighted by Gasteiger charge is 2.21. The van der Waals surface area contributed by atoms with Gasteiger partial charge in [0.2, 0.25) is 5.91 Å². The molecule has 0 spiro atoms. The molecular weight excluding hydrogens is 304 g/mol. The minimum atomic E-state index is -0.000403. The number of para-hydroxylation sites is 1. The highest BCUT2D eigenvalue weighted by Crippen LogP contribution is 2.11. The van der Waals surface area contributed by atoms with Crippen molar-refractivity contribution in [2.24, 2.45) is 4.99 Å². The number of hydrogen-bond donors (Lipinski definition) is 1. The molecule has 0 radical (unpaired) electrons. The number of nitrogens with zero attached hydrogens (tertiary/aromatic N) is 3. The van der Waals surface area contributed by atoms with Crippen LogP contribution < -0.4 is 10.1 Å². The molecule has 0 saturated carbocycles. The number of carbonyl (C=O) groups is 1. The molecule has 0 aromatic heterocycles.